The average Bonchev–Trinajstić information content (AvgIpc) is 2.78. The number of rotatable bonds is 3. The molecule has 4 nitrogen and oxygen atoms in total. The predicted octanol–water partition coefficient (Wildman–Crippen LogP) is 1.80. The molecule has 2 aromatic heterocycles. The van der Waals surface area contributed by atoms with Crippen LogP contribution >= 0.6 is 11.3 Å². The van der Waals surface area contributed by atoms with E-state index in [0.717, 1.165) is 4.88 Å². The van der Waals surface area contributed by atoms with Crippen LogP contribution in [0.4, 0.5) is 0 Å². The van der Waals surface area contributed by atoms with Crippen LogP contribution in [0.1, 0.15) is 4.88 Å². The van der Waals surface area contributed by atoms with Gasteiger partial charge < -0.3 is 0 Å². The van der Waals surface area contributed by atoms with E-state index in [2.05, 4.69) is 11.7 Å². The van der Waals surface area contributed by atoms with Crippen LogP contribution in [0.5, 0.6) is 0 Å². The maximum atomic E-state index is 11.8. The molecule has 0 aliphatic rings. The first-order chi connectivity index (χ1) is 7.63. The average molecular weight is 235 g/mol. The van der Waals surface area contributed by atoms with Crippen molar-refractivity contribution in [2.45, 2.75) is 13.5 Å². The lowest BCUT2D eigenvalue weighted by atomic mass is 10.4. The van der Waals surface area contributed by atoms with Gasteiger partial charge in [0.05, 0.1) is 4.88 Å². The highest BCUT2D eigenvalue weighted by atomic mass is 32.1. The monoisotopic (exact) mass is 235 g/mol. The van der Waals surface area contributed by atoms with Crippen LogP contribution < -0.4 is 5.69 Å². The van der Waals surface area contributed by atoms with Crippen molar-refractivity contribution in [3.8, 4) is 10.7 Å². The van der Waals surface area contributed by atoms with E-state index in [0.29, 0.717) is 12.4 Å². The van der Waals surface area contributed by atoms with E-state index in [1.54, 1.807) is 29.0 Å². The van der Waals surface area contributed by atoms with Gasteiger partial charge in [0.2, 0.25) is 0 Å². The van der Waals surface area contributed by atoms with Gasteiger partial charge in [-0.15, -0.1) is 23.0 Å². The Morgan fingerprint density at radius 2 is 2.31 bits per heavy atom. The minimum atomic E-state index is -0.110. The second-order valence-corrected chi connectivity index (χ2v) is 4.83. The van der Waals surface area contributed by atoms with Gasteiger partial charge in [-0.2, -0.15) is 0 Å². The third-order valence-corrected chi connectivity index (χ3v) is 3.28. The molecule has 0 aliphatic heterocycles. The highest BCUT2D eigenvalue weighted by molar-refractivity contribution is 7.15. The highest BCUT2D eigenvalue weighted by Crippen LogP contribution is 2.25. The molecule has 0 aromatic carbocycles. The van der Waals surface area contributed by atoms with Crippen molar-refractivity contribution in [3.63, 3.8) is 0 Å². The van der Waals surface area contributed by atoms with Crippen LogP contribution in [0.2, 0.25) is 0 Å². The van der Waals surface area contributed by atoms with Crippen LogP contribution in [0.25, 0.3) is 10.7 Å². The molecule has 0 atom stereocenters. The summed E-state index contributed by atoms with van der Waals surface area (Å²) in [6.07, 6.45) is 1.70. The van der Waals surface area contributed by atoms with E-state index < -0.39 is 0 Å². The fourth-order valence-corrected chi connectivity index (χ4v) is 2.40. The Morgan fingerprint density at radius 1 is 1.56 bits per heavy atom. The molecule has 0 amide bonds. The van der Waals surface area contributed by atoms with Crippen LogP contribution in [-0.4, -0.2) is 14.3 Å². The summed E-state index contributed by atoms with van der Waals surface area (Å²) in [6, 6.07) is 4.01. The number of hydrogen-bond donors (Lipinski definition) is 0. The first kappa shape index (κ1) is 10.9. The Balaban J connectivity index is 2.60. The molecule has 84 valence electrons. The SMILES string of the molecule is C=CCn1c(-c2ccc(C)s2)nn(C)c1=O. The van der Waals surface area contributed by atoms with Crippen LogP contribution in [-0.2, 0) is 13.6 Å². The molecule has 0 unspecified atom stereocenters. The van der Waals surface area contributed by atoms with Crippen LogP contribution in [0.15, 0.2) is 29.6 Å². The van der Waals surface area contributed by atoms with Gasteiger partial charge >= 0.3 is 5.69 Å². The number of nitrogens with zero attached hydrogens (tertiary/aromatic N) is 3. The predicted molar refractivity (Wildman–Crippen MR) is 65.7 cm³/mol. The van der Waals surface area contributed by atoms with Crippen molar-refractivity contribution < 1.29 is 0 Å². The van der Waals surface area contributed by atoms with Crippen molar-refractivity contribution in [1.29, 1.82) is 0 Å². The summed E-state index contributed by atoms with van der Waals surface area (Å²) in [5, 5.41) is 4.24. The van der Waals surface area contributed by atoms with E-state index in [1.807, 2.05) is 19.1 Å². The Kier molecular flexibility index (Phi) is 2.78. The summed E-state index contributed by atoms with van der Waals surface area (Å²) in [4.78, 5) is 14.0. The molecule has 0 N–H and O–H groups in total. The molecule has 2 heterocycles. The smallest absolute Gasteiger partial charge is 0.270 e. The fraction of sp³-hybridized carbons (Fsp3) is 0.273. The van der Waals surface area contributed by atoms with Gasteiger partial charge in [0.15, 0.2) is 5.82 Å². The normalized spacial score (nSPS) is 10.6. The summed E-state index contributed by atoms with van der Waals surface area (Å²) >= 11 is 1.63. The standard InChI is InChI=1S/C11H13N3OS/c1-4-7-14-10(12-13(3)11(14)15)9-6-5-8(2)16-9/h4-6H,1,7H2,2-3H3. The van der Waals surface area contributed by atoms with E-state index >= 15 is 0 Å². The topological polar surface area (TPSA) is 39.8 Å². The number of allylic oxidation sites excluding steroid dienone is 1. The lowest BCUT2D eigenvalue weighted by Gasteiger charge is -1.98. The molecule has 5 heteroatoms. The van der Waals surface area contributed by atoms with Crippen molar-refractivity contribution in [2.75, 3.05) is 0 Å². The zero-order chi connectivity index (χ0) is 11.7. The zero-order valence-corrected chi connectivity index (χ0v) is 10.1. The maximum absolute atomic E-state index is 11.8. The lowest BCUT2D eigenvalue weighted by Crippen LogP contribution is -2.22. The number of hydrogen-bond acceptors (Lipinski definition) is 3. The molecule has 0 saturated carbocycles. The molecule has 0 spiro atoms. The third-order valence-electron chi connectivity index (χ3n) is 2.28. The minimum absolute atomic E-state index is 0.110. The summed E-state index contributed by atoms with van der Waals surface area (Å²) in [6.45, 7) is 6.17. The zero-order valence-electron chi connectivity index (χ0n) is 9.30. The van der Waals surface area contributed by atoms with Crippen LogP contribution in [0, 0.1) is 6.92 Å². The van der Waals surface area contributed by atoms with Gasteiger partial charge in [-0.05, 0) is 19.1 Å². The third kappa shape index (κ3) is 1.74. The number of aryl methyl sites for hydroxylation is 2. The van der Waals surface area contributed by atoms with Crippen molar-refractivity contribution in [1.82, 2.24) is 14.3 Å². The van der Waals surface area contributed by atoms with Gasteiger partial charge in [0.1, 0.15) is 0 Å². The lowest BCUT2D eigenvalue weighted by molar-refractivity contribution is 0.698. The van der Waals surface area contributed by atoms with Gasteiger partial charge in [0.25, 0.3) is 0 Å². The summed E-state index contributed by atoms with van der Waals surface area (Å²) < 4.78 is 2.98. The van der Waals surface area contributed by atoms with E-state index in [4.69, 9.17) is 0 Å². The second-order valence-electron chi connectivity index (χ2n) is 3.54. The number of thiophene rings is 1. The summed E-state index contributed by atoms with van der Waals surface area (Å²) in [7, 11) is 1.66. The van der Waals surface area contributed by atoms with Crippen molar-refractivity contribution in [2.24, 2.45) is 7.05 Å². The second kappa shape index (κ2) is 4.09. The number of aromatic nitrogens is 3. The Labute approximate surface area is 97.5 Å². The molecule has 2 rings (SSSR count). The van der Waals surface area contributed by atoms with E-state index in [9.17, 15) is 4.79 Å². The van der Waals surface area contributed by atoms with Crippen molar-refractivity contribution >= 4 is 11.3 Å². The van der Waals surface area contributed by atoms with E-state index in [-0.39, 0.29) is 5.69 Å². The molecule has 0 radical (unpaired) electrons. The maximum Gasteiger partial charge on any atom is 0.346 e. The van der Waals surface area contributed by atoms with Crippen molar-refractivity contribution in [3.05, 3.63) is 40.1 Å². The van der Waals surface area contributed by atoms with Gasteiger partial charge in [-0.25, -0.2) is 9.48 Å². The molecule has 0 saturated heterocycles. The molecule has 0 bridgehead atoms. The fourth-order valence-electron chi connectivity index (χ4n) is 1.53. The molecule has 0 fully saturated rings. The Hall–Kier alpha value is -1.62. The molecule has 2 aromatic rings. The van der Waals surface area contributed by atoms with Gasteiger partial charge in [-0.3, -0.25) is 4.57 Å². The van der Waals surface area contributed by atoms with Gasteiger partial charge in [-0.1, -0.05) is 6.08 Å². The largest absolute Gasteiger partial charge is 0.346 e. The highest BCUT2D eigenvalue weighted by Gasteiger charge is 2.13. The summed E-state index contributed by atoms with van der Waals surface area (Å²) in [5.41, 5.74) is -0.110. The van der Waals surface area contributed by atoms with Crippen LogP contribution in [0.3, 0.4) is 0 Å². The minimum Gasteiger partial charge on any atom is -0.270 e. The van der Waals surface area contributed by atoms with Gasteiger partial charge in [0, 0.05) is 18.5 Å². The molecular weight excluding hydrogens is 222 g/mol. The quantitative estimate of drug-likeness (QED) is 0.761. The molecule has 0 aliphatic carbocycles. The Morgan fingerprint density at radius 3 is 2.88 bits per heavy atom. The van der Waals surface area contributed by atoms with E-state index in [1.165, 1.54) is 9.56 Å². The first-order valence-electron chi connectivity index (χ1n) is 4.95. The molecular formula is C11H13N3OS. The summed E-state index contributed by atoms with van der Waals surface area (Å²) in [5.74, 6) is 0.713. The first-order valence-corrected chi connectivity index (χ1v) is 5.76. The Bertz CT molecular complexity index is 576. The molecule has 16 heavy (non-hydrogen) atoms.